The summed E-state index contributed by atoms with van der Waals surface area (Å²) in [6, 6.07) is 0. The largest absolute Gasteiger partial charge is 0.353 e. The number of hydrogen-bond acceptors (Lipinski definition) is 3. The fraction of sp³-hybridized carbons (Fsp3) is 0.722. The number of ether oxygens (including phenoxy) is 2. The quantitative estimate of drug-likeness (QED) is 0.545. The van der Waals surface area contributed by atoms with Crippen molar-refractivity contribution in [3.63, 3.8) is 0 Å². The van der Waals surface area contributed by atoms with Crippen molar-refractivity contribution in [1.82, 2.24) is 0 Å². The van der Waals surface area contributed by atoms with Gasteiger partial charge < -0.3 is 9.47 Å². The van der Waals surface area contributed by atoms with Gasteiger partial charge in [-0.1, -0.05) is 32.1 Å². The molecule has 3 heteroatoms. The molecule has 3 unspecified atom stereocenters. The Morgan fingerprint density at radius 3 is 2.67 bits per heavy atom. The van der Waals surface area contributed by atoms with Crippen molar-refractivity contribution in [2.24, 2.45) is 17.8 Å². The van der Waals surface area contributed by atoms with Crippen LogP contribution >= 0.6 is 0 Å². The van der Waals surface area contributed by atoms with E-state index in [1.54, 1.807) is 6.08 Å². The van der Waals surface area contributed by atoms with Crippen LogP contribution in [0.25, 0.3) is 0 Å². The molecule has 0 radical (unpaired) electrons. The number of carbonyl (C=O) groups excluding carboxylic acids is 1. The van der Waals surface area contributed by atoms with Crippen LogP contribution < -0.4 is 0 Å². The van der Waals surface area contributed by atoms with Crippen molar-refractivity contribution in [1.29, 1.82) is 0 Å². The average Bonchev–Trinajstić information content (AvgIpc) is 2.43. The lowest BCUT2D eigenvalue weighted by molar-refractivity contribution is -0.132. The SMILES string of the molecule is CCOC(C)OCC1C=CC(C(C)C)CCC(=O)C=CC1. The molecule has 0 aromatic heterocycles. The number of hydrogen-bond donors (Lipinski definition) is 0. The van der Waals surface area contributed by atoms with Crippen LogP contribution in [-0.2, 0) is 14.3 Å². The summed E-state index contributed by atoms with van der Waals surface area (Å²) in [6.45, 7) is 9.59. The van der Waals surface area contributed by atoms with Crippen molar-refractivity contribution >= 4 is 5.78 Å². The molecule has 1 aliphatic rings. The molecular weight excluding hydrogens is 264 g/mol. The van der Waals surface area contributed by atoms with E-state index in [0.29, 0.717) is 37.4 Å². The number of allylic oxidation sites excluding steroid dienone is 3. The van der Waals surface area contributed by atoms with E-state index in [1.165, 1.54) is 0 Å². The number of carbonyl (C=O) groups is 1. The first-order chi connectivity index (χ1) is 10.0. The predicted molar refractivity (Wildman–Crippen MR) is 86.0 cm³/mol. The third-order valence-corrected chi connectivity index (χ3v) is 3.90. The zero-order chi connectivity index (χ0) is 15.7. The van der Waals surface area contributed by atoms with E-state index >= 15 is 0 Å². The van der Waals surface area contributed by atoms with Gasteiger partial charge in [0.25, 0.3) is 0 Å². The van der Waals surface area contributed by atoms with Gasteiger partial charge in [-0.3, -0.25) is 4.79 Å². The lowest BCUT2D eigenvalue weighted by Gasteiger charge is -2.20. The van der Waals surface area contributed by atoms with Crippen LogP contribution in [0.5, 0.6) is 0 Å². The van der Waals surface area contributed by atoms with E-state index in [2.05, 4.69) is 26.0 Å². The highest BCUT2D eigenvalue weighted by atomic mass is 16.7. The molecule has 0 amide bonds. The van der Waals surface area contributed by atoms with E-state index in [1.807, 2.05) is 19.9 Å². The summed E-state index contributed by atoms with van der Waals surface area (Å²) in [7, 11) is 0. The lowest BCUT2D eigenvalue weighted by atomic mass is 9.88. The Bertz CT molecular complexity index is 357. The molecular formula is C18H30O3. The molecule has 3 nitrogen and oxygen atoms in total. The van der Waals surface area contributed by atoms with E-state index in [9.17, 15) is 4.79 Å². The van der Waals surface area contributed by atoms with Gasteiger partial charge in [0.15, 0.2) is 12.1 Å². The van der Waals surface area contributed by atoms with Gasteiger partial charge in [0.2, 0.25) is 0 Å². The molecule has 3 atom stereocenters. The molecule has 0 spiro atoms. The standard InChI is InChI=1S/C18H30O3/c1-5-20-15(4)21-13-16-7-6-8-18(19)12-11-17(10-9-16)14(2)3/h6,8-10,14-17H,5,7,11-13H2,1-4H3. The zero-order valence-corrected chi connectivity index (χ0v) is 13.9. The zero-order valence-electron chi connectivity index (χ0n) is 13.9. The van der Waals surface area contributed by atoms with Crippen LogP contribution in [-0.4, -0.2) is 25.3 Å². The van der Waals surface area contributed by atoms with Crippen LogP contribution in [0, 0.1) is 17.8 Å². The second kappa shape index (κ2) is 9.91. The number of ketones is 1. The minimum atomic E-state index is -0.176. The lowest BCUT2D eigenvalue weighted by Crippen LogP contribution is -2.18. The molecule has 0 heterocycles. The summed E-state index contributed by atoms with van der Waals surface area (Å²) in [5.74, 6) is 1.56. The van der Waals surface area contributed by atoms with Crippen LogP contribution in [0.15, 0.2) is 24.3 Å². The van der Waals surface area contributed by atoms with Gasteiger partial charge >= 0.3 is 0 Å². The fourth-order valence-electron chi connectivity index (χ4n) is 2.46. The summed E-state index contributed by atoms with van der Waals surface area (Å²) in [4.78, 5) is 11.8. The third kappa shape index (κ3) is 7.58. The van der Waals surface area contributed by atoms with Crippen LogP contribution in [0.4, 0.5) is 0 Å². The highest BCUT2D eigenvalue weighted by Crippen LogP contribution is 2.22. The Morgan fingerprint density at radius 2 is 2.00 bits per heavy atom. The van der Waals surface area contributed by atoms with Crippen molar-refractivity contribution in [3.8, 4) is 0 Å². The second-order valence-electron chi connectivity index (χ2n) is 6.05. The van der Waals surface area contributed by atoms with E-state index in [-0.39, 0.29) is 12.1 Å². The molecule has 0 aromatic rings. The van der Waals surface area contributed by atoms with Crippen molar-refractivity contribution < 1.29 is 14.3 Å². The third-order valence-electron chi connectivity index (χ3n) is 3.90. The molecule has 0 aromatic carbocycles. The summed E-state index contributed by atoms with van der Waals surface area (Å²) < 4.78 is 11.1. The van der Waals surface area contributed by atoms with Gasteiger partial charge in [-0.2, -0.15) is 0 Å². The molecule has 0 saturated heterocycles. The maximum Gasteiger partial charge on any atom is 0.155 e. The summed E-state index contributed by atoms with van der Waals surface area (Å²) >= 11 is 0. The van der Waals surface area contributed by atoms with E-state index in [0.717, 1.165) is 12.8 Å². The van der Waals surface area contributed by atoms with Crippen molar-refractivity contribution in [2.75, 3.05) is 13.2 Å². The van der Waals surface area contributed by atoms with Crippen molar-refractivity contribution in [3.05, 3.63) is 24.3 Å². The first-order valence-corrected chi connectivity index (χ1v) is 8.13. The highest BCUT2D eigenvalue weighted by molar-refractivity contribution is 5.89. The van der Waals surface area contributed by atoms with Gasteiger partial charge in [0.05, 0.1) is 6.61 Å². The maximum atomic E-state index is 11.8. The van der Waals surface area contributed by atoms with Crippen LogP contribution in [0.3, 0.4) is 0 Å². The molecule has 120 valence electrons. The van der Waals surface area contributed by atoms with Crippen molar-refractivity contribution in [2.45, 2.75) is 53.2 Å². The first-order valence-electron chi connectivity index (χ1n) is 8.13. The van der Waals surface area contributed by atoms with Gasteiger partial charge in [0, 0.05) is 18.9 Å². The molecule has 0 bridgehead atoms. The number of rotatable bonds is 6. The van der Waals surface area contributed by atoms with Gasteiger partial charge in [-0.25, -0.2) is 0 Å². The van der Waals surface area contributed by atoms with Crippen LogP contribution in [0.1, 0.15) is 47.0 Å². The summed E-state index contributed by atoms with van der Waals surface area (Å²) in [5, 5.41) is 0. The molecule has 0 aliphatic heterocycles. The van der Waals surface area contributed by atoms with E-state index < -0.39 is 0 Å². The molecule has 1 aliphatic carbocycles. The fourth-order valence-corrected chi connectivity index (χ4v) is 2.46. The van der Waals surface area contributed by atoms with Crippen LogP contribution in [0.2, 0.25) is 0 Å². The van der Waals surface area contributed by atoms with Gasteiger partial charge in [0.1, 0.15) is 0 Å². The smallest absolute Gasteiger partial charge is 0.155 e. The molecule has 0 saturated carbocycles. The second-order valence-corrected chi connectivity index (χ2v) is 6.05. The maximum absolute atomic E-state index is 11.8. The topological polar surface area (TPSA) is 35.5 Å². The monoisotopic (exact) mass is 294 g/mol. The molecule has 0 fully saturated rings. The summed E-state index contributed by atoms with van der Waals surface area (Å²) in [5.41, 5.74) is 0. The molecule has 1 rings (SSSR count). The highest BCUT2D eigenvalue weighted by Gasteiger charge is 2.14. The van der Waals surface area contributed by atoms with E-state index in [4.69, 9.17) is 9.47 Å². The first kappa shape index (κ1) is 18.1. The Balaban J connectivity index is 2.64. The van der Waals surface area contributed by atoms with Gasteiger partial charge in [-0.15, -0.1) is 0 Å². The normalized spacial score (nSPS) is 25.3. The molecule has 21 heavy (non-hydrogen) atoms. The Hall–Kier alpha value is -0.930. The summed E-state index contributed by atoms with van der Waals surface area (Å²) in [6.07, 6.45) is 10.5. The minimum Gasteiger partial charge on any atom is -0.353 e. The minimum absolute atomic E-state index is 0.176. The predicted octanol–water partition coefficient (Wildman–Crippen LogP) is 4.14. The Morgan fingerprint density at radius 1 is 1.24 bits per heavy atom. The van der Waals surface area contributed by atoms with Gasteiger partial charge in [-0.05, 0) is 44.6 Å². The Labute approximate surface area is 129 Å². The average molecular weight is 294 g/mol. The molecule has 0 N–H and O–H groups in total. The Kier molecular flexibility index (Phi) is 8.55.